The molecule has 4 nitrogen and oxygen atoms in total. The Hall–Kier alpha value is 0.160. The summed E-state index contributed by atoms with van der Waals surface area (Å²) in [5.41, 5.74) is 0. The SMILES string of the molecule is CCCS(=O)(=O)N1CC(C)NCC1C.Cl. The highest BCUT2D eigenvalue weighted by molar-refractivity contribution is 7.89. The molecule has 1 N–H and O–H groups in total. The smallest absolute Gasteiger partial charge is 0.214 e. The van der Waals surface area contributed by atoms with Crippen molar-refractivity contribution in [1.29, 1.82) is 0 Å². The van der Waals surface area contributed by atoms with Gasteiger partial charge in [-0.1, -0.05) is 6.92 Å². The van der Waals surface area contributed by atoms with Gasteiger partial charge in [-0.15, -0.1) is 12.4 Å². The van der Waals surface area contributed by atoms with E-state index in [1.807, 2.05) is 20.8 Å². The maximum atomic E-state index is 11.8. The van der Waals surface area contributed by atoms with Crippen molar-refractivity contribution in [2.75, 3.05) is 18.8 Å². The van der Waals surface area contributed by atoms with Crippen LogP contribution >= 0.6 is 12.4 Å². The molecule has 0 saturated carbocycles. The number of hydrogen-bond donors (Lipinski definition) is 1. The van der Waals surface area contributed by atoms with Gasteiger partial charge in [0.1, 0.15) is 0 Å². The molecule has 92 valence electrons. The van der Waals surface area contributed by atoms with Gasteiger partial charge in [0, 0.05) is 25.2 Å². The van der Waals surface area contributed by atoms with Crippen molar-refractivity contribution in [3.63, 3.8) is 0 Å². The molecule has 1 aliphatic rings. The van der Waals surface area contributed by atoms with Crippen LogP contribution in [0.15, 0.2) is 0 Å². The Bertz CT molecular complexity index is 282. The molecule has 0 aromatic heterocycles. The first-order chi connectivity index (χ1) is 6.47. The van der Waals surface area contributed by atoms with E-state index >= 15 is 0 Å². The summed E-state index contributed by atoms with van der Waals surface area (Å²) in [7, 11) is -3.02. The summed E-state index contributed by atoms with van der Waals surface area (Å²) in [5, 5.41) is 3.27. The molecular weight excluding hydrogens is 236 g/mol. The maximum absolute atomic E-state index is 11.8. The second-order valence-electron chi connectivity index (χ2n) is 4.04. The lowest BCUT2D eigenvalue weighted by atomic mass is 10.2. The third-order valence-electron chi connectivity index (χ3n) is 2.53. The second kappa shape index (κ2) is 6.03. The minimum absolute atomic E-state index is 0. The highest BCUT2D eigenvalue weighted by atomic mass is 35.5. The molecule has 0 aromatic rings. The topological polar surface area (TPSA) is 49.4 Å². The summed E-state index contributed by atoms with van der Waals surface area (Å²) in [6.07, 6.45) is 0.688. The fourth-order valence-electron chi connectivity index (χ4n) is 1.75. The van der Waals surface area contributed by atoms with Crippen LogP contribution in [0.3, 0.4) is 0 Å². The van der Waals surface area contributed by atoms with Crippen LogP contribution in [0, 0.1) is 0 Å². The zero-order chi connectivity index (χ0) is 10.8. The molecule has 0 aliphatic carbocycles. The summed E-state index contributed by atoms with van der Waals surface area (Å²) in [6, 6.07) is 0.348. The summed E-state index contributed by atoms with van der Waals surface area (Å²) in [5.74, 6) is 0.268. The Morgan fingerprint density at radius 1 is 1.40 bits per heavy atom. The maximum Gasteiger partial charge on any atom is 0.214 e. The van der Waals surface area contributed by atoms with Gasteiger partial charge in [-0.3, -0.25) is 0 Å². The zero-order valence-electron chi connectivity index (χ0n) is 9.56. The first-order valence-corrected chi connectivity index (χ1v) is 6.81. The lowest BCUT2D eigenvalue weighted by Crippen LogP contribution is -2.56. The van der Waals surface area contributed by atoms with E-state index < -0.39 is 10.0 Å². The molecule has 15 heavy (non-hydrogen) atoms. The van der Waals surface area contributed by atoms with Crippen molar-refractivity contribution in [3.05, 3.63) is 0 Å². The van der Waals surface area contributed by atoms with Crippen LogP contribution < -0.4 is 5.32 Å². The Labute approximate surface area is 98.9 Å². The standard InChI is InChI=1S/C9H20N2O2S.ClH/c1-4-5-14(12,13)11-7-8(2)10-6-9(11)3;/h8-10H,4-7H2,1-3H3;1H. The number of hydrogen-bond acceptors (Lipinski definition) is 3. The molecule has 0 bridgehead atoms. The number of nitrogens with one attached hydrogen (secondary N) is 1. The number of halogens is 1. The van der Waals surface area contributed by atoms with Crippen LogP contribution in [0.5, 0.6) is 0 Å². The van der Waals surface area contributed by atoms with Crippen LogP contribution in [0.2, 0.25) is 0 Å². The van der Waals surface area contributed by atoms with Crippen LogP contribution in [-0.4, -0.2) is 43.6 Å². The van der Waals surface area contributed by atoms with E-state index in [-0.39, 0.29) is 30.2 Å². The van der Waals surface area contributed by atoms with E-state index in [0.29, 0.717) is 13.0 Å². The highest BCUT2D eigenvalue weighted by Crippen LogP contribution is 2.13. The molecule has 6 heteroatoms. The lowest BCUT2D eigenvalue weighted by Gasteiger charge is -2.36. The molecule has 0 amide bonds. The number of rotatable bonds is 3. The van der Waals surface area contributed by atoms with Crippen LogP contribution in [0.1, 0.15) is 27.2 Å². The third kappa shape index (κ3) is 3.90. The summed E-state index contributed by atoms with van der Waals surface area (Å²) in [4.78, 5) is 0. The Morgan fingerprint density at radius 3 is 2.53 bits per heavy atom. The molecule has 0 radical (unpaired) electrons. The third-order valence-corrected chi connectivity index (χ3v) is 4.67. The Balaban J connectivity index is 0.00000196. The predicted molar refractivity (Wildman–Crippen MR) is 65.0 cm³/mol. The van der Waals surface area contributed by atoms with Gasteiger partial charge in [0.15, 0.2) is 0 Å². The lowest BCUT2D eigenvalue weighted by molar-refractivity contribution is 0.244. The van der Waals surface area contributed by atoms with Gasteiger partial charge in [0.25, 0.3) is 0 Å². The van der Waals surface area contributed by atoms with Gasteiger partial charge in [0.05, 0.1) is 5.75 Å². The fraction of sp³-hybridized carbons (Fsp3) is 1.00. The van der Waals surface area contributed by atoms with Gasteiger partial charge in [-0.2, -0.15) is 4.31 Å². The molecule has 1 aliphatic heterocycles. The zero-order valence-corrected chi connectivity index (χ0v) is 11.2. The average molecular weight is 257 g/mol. The van der Waals surface area contributed by atoms with Crippen molar-refractivity contribution < 1.29 is 8.42 Å². The predicted octanol–water partition coefficient (Wildman–Crippen LogP) is 0.830. The Kier molecular flexibility index (Phi) is 6.10. The molecular formula is C9H21ClN2O2S. The van der Waals surface area contributed by atoms with Crippen molar-refractivity contribution >= 4 is 22.4 Å². The van der Waals surface area contributed by atoms with E-state index in [0.717, 1.165) is 6.54 Å². The number of piperazine rings is 1. The first kappa shape index (κ1) is 15.2. The number of nitrogens with zero attached hydrogens (tertiary/aromatic N) is 1. The van der Waals surface area contributed by atoms with Gasteiger partial charge in [-0.25, -0.2) is 8.42 Å². The Morgan fingerprint density at radius 2 is 2.00 bits per heavy atom. The van der Waals surface area contributed by atoms with E-state index in [4.69, 9.17) is 0 Å². The monoisotopic (exact) mass is 256 g/mol. The summed E-state index contributed by atoms with van der Waals surface area (Å²) in [6.45, 7) is 7.22. The first-order valence-electron chi connectivity index (χ1n) is 5.20. The molecule has 2 atom stereocenters. The largest absolute Gasteiger partial charge is 0.311 e. The van der Waals surface area contributed by atoms with E-state index in [1.165, 1.54) is 0 Å². The van der Waals surface area contributed by atoms with Gasteiger partial charge >= 0.3 is 0 Å². The van der Waals surface area contributed by atoms with Gasteiger partial charge < -0.3 is 5.32 Å². The van der Waals surface area contributed by atoms with E-state index in [9.17, 15) is 8.42 Å². The van der Waals surface area contributed by atoms with Crippen molar-refractivity contribution in [1.82, 2.24) is 9.62 Å². The van der Waals surface area contributed by atoms with Crippen LogP contribution in [-0.2, 0) is 10.0 Å². The number of sulfonamides is 1. The van der Waals surface area contributed by atoms with Crippen molar-refractivity contribution in [2.45, 2.75) is 39.3 Å². The molecule has 1 fully saturated rings. The quantitative estimate of drug-likeness (QED) is 0.814. The molecule has 0 spiro atoms. The van der Waals surface area contributed by atoms with Gasteiger partial charge in [-0.05, 0) is 20.3 Å². The van der Waals surface area contributed by atoms with Crippen molar-refractivity contribution in [3.8, 4) is 0 Å². The molecule has 1 saturated heterocycles. The van der Waals surface area contributed by atoms with Crippen LogP contribution in [0.4, 0.5) is 0 Å². The minimum atomic E-state index is -3.02. The second-order valence-corrected chi connectivity index (χ2v) is 6.09. The van der Waals surface area contributed by atoms with E-state index in [2.05, 4.69) is 5.32 Å². The van der Waals surface area contributed by atoms with Gasteiger partial charge in [0.2, 0.25) is 10.0 Å². The average Bonchev–Trinajstić information content (AvgIpc) is 2.09. The highest BCUT2D eigenvalue weighted by Gasteiger charge is 2.31. The minimum Gasteiger partial charge on any atom is -0.311 e. The molecule has 0 aromatic carbocycles. The fourth-order valence-corrected chi connectivity index (χ4v) is 3.57. The normalized spacial score (nSPS) is 28.5. The van der Waals surface area contributed by atoms with Crippen molar-refractivity contribution in [2.24, 2.45) is 0 Å². The van der Waals surface area contributed by atoms with E-state index in [1.54, 1.807) is 4.31 Å². The molecule has 1 heterocycles. The summed E-state index contributed by atoms with van der Waals surface area (Å²) < 4.78 is 25.3. The summed E-state index contributed by atoms with van der Waals surface area (Å²) >= 11 is 0. The molecule has 1 rings (SSSR count). The molecule has 2 unspecified atom stereocenters. The van der Waals surface area contributed by atoms with Crippen LogP contribution in [0.25, 0.3) is 0 Å².